The molecule has 0 aliphatic carbocycles. The van der Waals surface area contributed by atoms with E-state index in [2.05, 4.69) is 20.0 Å². The second kappa shape index (κ2) is 11.4. The van der Waals surface area contributed by atoms with Gasteiger partial charge in [-0.2, -0.15) is 8.78 Å². The lowest BCUT2D eigenvalue weighted by Gasteiger charge is -2.22. The third-order valence-corrected chi connectivity index (χ3v) is 4.69. The van der Waals surface area contributed by atoms with Gasteiger partial charge in [-0.15, -0.1) is 35.3 Å². The first kappa shape index (κ1) is 23.5. The summed E-state index contributed by atoms with van der Waals surface area (Å²) in [7, 11) is 1.94. The Bertz CT molecular complexity index is 737. The summed E-state index contributed by atoms with van der Waals surface area (Å²) in [4.78, 5) is 12.3. The molecule has 0 atom stereocenters. The fourth-order valence-electron chi connectivity index (χ4n) is 2.46. The standard InChI is InChI=1S/C18H24F2N4OS.HI/c1-5-21-18(22-10-16-12(2)23-13(3)26-16)24(4)11-14-6-8-15(9-7-14)25-17(19)20;/h6-9,17H,5,10-11H2,1-4H3,(H,21,22);1H. The summed E-state index contributed by atoms with van der Waals surface area (Å²) in [6.45, 7) is 5.12. The number of alkyl halides is 2. The topological polar surface area (TPSA) is 49.8 Å². The fourth-order valence-corrected chi connectivity index (χ4v) is 3.32. The molecule has 0 fully saturated rings. The van der Waals surface area contributed by atoms with Gasteiger partial charge in [0.2, 0.25) is 0 Å². The number of benzene rings is 1. The third-order valence-electron chi connectivity index (χ3n) is 3.64. The molecule has 0 unspecified atom stereocenters. The van der Waals surface area contributed by atoms with Crippen LogP contribution in [0.4, 0.5) is 8.78 Å². The zero-order valence-electron chi connectivity index (χ0n) is 15.8. The molecule has 2 rings (SSSR count). The predicted molar refractivity (Wildman–Crippen MR) is 116 cm³/mol. The molecule has 1 heterocycles. The Morgan fingerprint density at radius 3 is 2.48 bits per heavy atom. The van der Waals surface area contributed by atoms with Gasteiger partial charge in [0.05, 0.1) is 17.2 Å². The molecule has 5 nitrogen and oxygen atoms in total. The summed E-state index contributed by atoms with van der Waals surface area (Å²) in [5.41, 5.74) is 1.99. The van der Waals surface area contributed by atoms with Crippen molar-refractivity contribution in [1.82, 2.24) is 15.2 Å². The van der Waals surface area contributed by atoms with E-state index in [1.807, 2.05) is 32.7 Å². The van der Waals surface area contributed by atoms with Crippen molar-refractivity contribution >= 4 is 41.3 Å². The number of ether oxygens (including phenoxy) is 1. The van der Waals surface area contributed by atoms with E-state index in [9.17, 15) is 8.78 Å². The third kappa shape index (κ3) is 7.57. The monoisotopic (exact) mass is 510 g/mol. The van der Waals surface area contributed by atoms with Gasteiger partial charge >= 0.3 is 6.61 Å². The number of thiazole rings is 1. The van der Waals surface area contributed by atoms with Gasteiger partial charge < -0.3 is 15.0 Å². The van der Waals surface area contributed by atoms with Crippen LogP contribution in [0.5, 0.6) is 5.75 Å². The Morgan fingerprint density at radius 2 is 1.96 bits per heavy atom. The van der Waals surface area contributed by atoms with Gasteiger partial charge in [0.1, 0.15) is 5.75 Å². The minimum atomic E-state index is -2.81. The average molecular weight is 510 g/mol. The van der Waals surface area contributed by atoms with Crippen LogP contribution in [0, 0.1) is 13.8 Å². The quantitative estimate of drug-likeness (QED) is 0.337. The highest BCUT2D eigenvalue weighted by atomic mass is 127. The van der Waals surface area contributed by atoms with Crippen LogP contribution in [0.2, 0.25) is 0 Å². The molecule has 1 N–H and O–H groups in total. The highest BCUT2D eigenvalue weighted by Gasteiger charge is 2.10. The molecule has 2 aromatic rings. The molecule has 150 valence electrons. The van der Waals surface area contributed by atoms with E-state index in [0.29, 0.717) is 13.1 Å². The molecule has 0 aliphatic rings. The molecule has 0 spiro atoms. The summed E-state index contributed by atoms with van der Waals surface area (Å²) in [6.07, 6.45) is 0. The number of nitrogens with one attached hydrogen (secondary N) is 1. The van der Waals surface area contributed by atoms with Crippen molar-refractivity contribution in [2.24, 2.45) is 4.99 Å². The van der Waals surface area contributed by atoms with Crippen LogP contribution in [-0.4, -0.2) is 36.0 Å². The Balaban J connectivity index is 0.00000364. The number of hydrogen-bond acceptors (Lipinski definition) is 4. The van der Waals surface area contributed by atoms with Crippen LogP contribution in [0.1, 0.15) is 28.1 Å². The number of aryl methyl sites for hydroxylation is 2. The van der Waals surface area contributed by atoms with E-state index in [1.165, 1.54) is 0 Å². The molecule has 0 aliphatic heterocycles. The molecule has 1 aromatic heterocycles. The van der Waals surface area contributed by atoms with Gasteiger partial charge in [0.15, 0.2) is 5.96 Å². The number of hydrogen-bond donors (Lipinski definition) is 1. The Labute approximate surface area is 179 Å². The summed E-state index contributed by atoms with van der Waals surface area (Å²) in [5.74, 6) is 0.939. The number of aromatic nitrogens is 1. The first-order valence-electron chi connectivity index (χ1n) is 8.35. The maximum absolute atomic E-state index is 12.2. The largest absolute Gasteiger partial charge is 0.435 e. The summed E-state index contributed by atoms with van der Waals surface area (Å²) in [5, 5.41) is 4.31. The van der Waals surface area contributed by atoms with Crippen LogP contribution in [-0.2, 0) is 13.1 Å². The molecule has 1 aromatic carbocycles. The van der Waals surface area contributed by atoms with Crippen molar-refractivity contribution in [3.63, 3.8) is 0 Å². The lowest BCUT2D eigenvalue weighted by atomic mass is 10.2. The first-order chi connectivity index (χ1) is 12.4. The molecule has 0 saturated heterocycles. The Kier molecular flexibility index (Phi) is 9.92. The molecular weight excluding hydrogens is 485 g/mol. The van der Waals surface area contributed by atoms with Crippen molar-refractivity contribution in [3.05, 3.63) is 45.4 Å². The van der Waals surface area contributed by atoms with Crippen LogP contribution in [0.15, 0.2) is 29.3 Å². The predicted octanol–water partition coefficient (Wildman–Crippen LogP) is 4.58. The second-order valence-electron chi connectivity index (χ2n) is 5.79. The van der Waals surface area contributed by atoms with Crippen molar-refractivity contribution in [2.45, 2.75) is 40.5 Å². The van der Waals surface area contributed by atoms with Gasteiger partial charge in [-0.25, -0.2) is 9.98 Å². The normalized spacial score (nSPS) is 11.3. The maximum Gasteiger partial charge on any atom is 0.387 e. The highest BCUT2D eigenvalue weighted by Crippen LogP contribution is 2.18. The van der Waals surface area contributed by atoms with E-state index >= 15 is 0 Å². The summed E-state index contributed by atoms with van der Waals surface area (Å²) >= 11 is 1.66. The van der Waals surface area contributed by atoms with Crippen molar-refractivity contribution in [2.75, 3.05) is 13.6 Å². The molecule has 0 saturated carbocycles. The van der Waals surface area contributed by atoms with Crippen molar-refractivity contribution < 1.29 is 13.5 Å². The van der Waals surface area contributed by atoms with E-state index < -0.39 is 6.61 Å². The number of rotatable bonds is 7. The lowest BCUT2D eigenvalue weighted by Crippen LogP contribution is -2.38. The lowest BCUT2D eigenvalue weighted by molar-refractivity contribution is -0.0498. The maximum atomic E-state index is 12.2. The number of halogens is 3. The number of guanidine groups is 1. The van der Waals surface area contributed by atoms with Gasteiger partial charge in [-0.05, 0) is 38.5 Å². The van der Waals surface area contributed by atoms with Crippen LogP contribution >= 0.6 is 35.3 Å². The number of aliphatic imine (C=N–C) groups is 1. The Morgan fingerprint density at radius 1 is 1.30 bits per heavy atom. The van der Waals surface area contributed by atoms with Gasteiger partial charge in [-0.3, -0.25) is 0 Å². The zero-order chi connectivity index (χ0) is 19.1. The number of nitrogens with zero attached hydrogens (tertiary/aromatic N) is 3. The van der Waals surface area contributed by atoms with E-state index in [4.69, 9.17) is 0 Å². The molecule has 0 bridgehead atoms. The Hall–Kier alpha value is -1.49. The summed E-state index contributed by atoms with van der Waals surface area (Å²) < 4.78 is 28.8. The minimum Gasteiger partial charge on any atom is -0.435 e. The van der Waals surface area contributed by atoms with Crippen LogP contribution in [0.3, 0.4) is 0 Å². The fraction of sp³-hybridized carbons (Fsp3) is 0.444. The average Bonchev–Trinajstić information content (AvgIpc) is 2.90. The SMILES string of the molecule is CCNC(=NCc1sc(C)nc1C)N(C)Cc1ccc(OC(F)F)cc1.I. The minimum absolute atomic E-state index is 0. The van der Waals surface area contributed by atoms with Gasteiger partial charge in [-0.1, -0.05) is 12.1 Å². The molecular formula is C18H25F2IN4OS. The van der Waals surface area contributed by atoms with E-state index in [1.54, 1.807) is 35.6 Å². The highest BCUT2D eigenvalue weighted by molar-refractivity contribution is 14.0. The molecule has 27 heavy (non-hydrogen) atoms. The first-order valence-corrected chi connectivity index (χ1v) is 9.16. The molecule has 0 amide bonds. The van der Waals surface area contributed by atoms with Crippen molar-refractivity contribution in [3.8, 4) is 5.75 Å². The molecule has 9 heteroatoms. The van der Waals surface area contributed by atoms with E-state index in [-0.39, 0.29) is 29.7 Å². The zero-order valence-corrected chi connectivity index (χ0v) is 19.0. The smallest absolute Gasteiger partial charge is 0.387 e. The molecule has 0 radical (unpaired) electrons. The second-order valence-corrected chi connectivity index (χ2v) is 7.08. The van der Waals surface area contributed by atoms with Crippen LogP contribution < -0.4 is 10.1 Å². The van der Waals surface area contributed by atoms with E-state index in [0.717, 1.165) is 33.6 Å². The van der Waals surface area contributed by atoms with Crippen molar-refractivity contribution in [1.29, 1.82) is 0 Å². The van der Waals surface area contributed by atoms with Crippen LogP contribution in [0.25, 0.3) is 0 Å². The van der Waals surface area contributed by atoms with Gasteiger partial charge in [0.25, 0.3) is 0 Å². The summed E-state index contributed by atoms with van der Waals surface area (Å²) in [6, 6.07) is 6.63. The van der Waals surface area contributed by atoms with Gasteiger partial charge in [0, 0.05) is 25.0 Å².